The number of fused-ring (bicyclic) bond motifs is 2. The minimum atomic E-state index is 0.175. The Morgan fingerprint density at radius 1 is 1.43 bits per heavy atom. The van der Waals surface area contributed by atoms with E-state index in [1.54, 1.807) is 0 Å². The van der Waals surface area contributed by atoms with E-state index in [4.69, 9.17) is 5.73 Å². The van der Waals surface area contributed by atoms with E-state index in [0.717, 1.165) is 32.2 Å². The summed E-state index contributed by atoms with van der Waals surface area (Å²) in [4.78, 5) is 15.0. The SMILES string of the molecule is CC1CC(CN)CN1C(=O)C1CC12CCc1ccccc12. The van der Waals surface area contributed by atoms with E-state index in [2.05, 4.69) is 36.1 Å². The van der Waals surface area contributed by atoms with Gasteiger partial charge in [-0.1, -0.05) is 24.3 Å². The first kappa shape index (κ1) is 13.3. The molecule has 0 radical (unpaired) electrons. The first-order valence-electron chi connectivity index (χ1n) is 8.24. The number of aryl methyl sites for hydroxylation is 1. The lowest BCUT2D eigenvalue weighted by Crippen LogP contribution is -2.37. The molecule has 2 fully saturated rings. The Morgan fingerprint density at radius 2 is 2.24 bits per heavy atom. The van der Waals surface area contributed by atoms with Crippen LogP contribution in [0.25, 0.3) is 0 Å². The molecule has 3 nitrogen and oxygen atoms in total. The number of hydrogen-bond donors (Lipinski definition) is 1. The highest BCUT2D eigenvalue weighted by atomic mass is 16.2. The molecule has 2 N–H and O–H groups in total. The van der Waals surface area contributed by atoms with Gasteiger partial charge in [0, 0.05) is 23.9 Å². The van der Waals surface area contributed by atoms with Crippen LogP contribution >= 0.6 is 0 Å². The fourth-order valence-electron chi connectivity index (χ4n) is 4.74. The van der Waals surface area contributed by atoms with Crippen molar-refractivity contribution in [2.75, 3.05) is 13.1 Å². The molecular formula is C18H24N2O. The number of nitrogens with two attached hydrogens (primary N) is 1. The Hall–Kier alpha value is -1.35. The lowest BCUT2D eigenvalue weighted by Gasteiger charge is -2.23. The van der Waals surface area contributed by atoms with Crippen molar-refractivity contribution in [2.45, 2.75) is 44.1 Å². The maximum absolute atomic E-state index is 12.9. The van der Waals surface area contributed by atoms with Crippen LogP contribution in [0, 0.1) is 11.8 Å². The van der Waals surface area contributed by atoms with Gasteiger partial charge in [0.15, 0.2) is 0 Å². The summed E-state index contributed by atoms with van der Waals surface area (Å²) in [5.74, 6) is 1.10. The van der Waals surface area contributed by atoms with Crippen molar-refractivity contribution >= 4 is 5.91 Å². The molecule has 4 atom stereocenters. The van der Waals surface area contributed by atoms with Crippen molar-refractivity contribution in [3.8, 4) is 0 Å². The van der Waals surface area contributed by atoms with Crippen molar-refractivity contribution in [2.24, 2.45) is 17.6 Å². The van der Waals surface area contributed by atoms with Crippen LogP contribution in [-0.2, 0) is 16.6 Å². The fraction of sp³-hybridized carbons (Fsp3) is 0.611. The maximum atomic E-state index is 12.9. The summed E-state index contributed by atoms with van der Waals surface area (Å²) in [5, 5.41) is 0. The molecule has 1 amide bonds. The van der Waals surface area contributed by atoms with Crippen LogP contribution in [0.1, 0.15) is 37.3 Å². The molecule has 1 heterocycles. The normalized spacial score (nSPS) is 37.0. The Bertz CT molecular complexity index is 584. The molecule has 1 saturated heterocycles. The predicted octanol–water partition coefficient (Wildman–Crippen LogP) is 2.09. The molecule has 4 unspecified atom stereocenters. The van der Waals surface area contributed by atoms with Crippen LogP contribution in [0.4, 0.5) is 0 Å². The van der Waals surface area contributed by atoms with Gasteiger partial charge in [-0.2, -0.15) is 0 Å². The molecule has 3 heteroatoms. The highest BCUT2D eigenvalue weighted by Crippen LogP contribution is 2.62. The minimum absolute atomic E-state index is 0.175. The second-order valence-corrected chi connectivity index (χ2v) is 7.25. The third-order valence-electron chi connectivity index (χ3n) is 6.05. The van der Waals surface area contributed by atoms with Crippen LogP contribution in [0.15, 0.2) is 24.3 Å². The molecule has 1 spiro atoms. The highest BCUT2D eigenvalue weighted by molar-refractivity contribution is 5.85. The number of hydrogen-bond acceptors (Lipinski definition) is 2. The molecule has 1 saturated carbocycles. The quantitative estimate of drug-likeness (QED) is 0.904. The van der Waals surface area contributed by atoms with Crippen molar-refractivity contribution < 1.29 is 4.79 Å². The summed E-state index contributed by atoms with van der Waals surface area (Å²) in [5.41, 5.74) is 8.88. The zero-order valence-corrected chi connectivity index (χ0v) is 12.7. The van der Waals surface area contributed by atoms with Crippen molar-refractivity contribution in [3.63, 3.8) is 0 Å². The van der Waals surface area contributed by atoms with Gasteiger partial charge in [-0.3, -0.25) is 4.79 Å². The summed E-state index contributed by atoms with van der Waals surface area (Å²) in [6, 6.07) is 9.07. The standard InChI is InChI=1S/C18H24N2O/c1-12-8-13(10-19)11-20(12)17(21)16-9-18(16)7-6-14-4-2-3-5-15(14)18/h2-5,12-13,16H,6-11,19H2,1H3. The van der Waals surface area contributed by atoms with E-state index < -0.39 is 0 Å². The Kier molecular flexibility index (Phi) is 2.90. The molecule has 112 valence electrons. The average Bonchev–Trinajstić information content (AvgIpc) is 2.94. The van der Waals surface area contributed by atoms with Gasteiger partial charge in [0.25, 0.3) is 0 Å². The van der Waals surface area contributed by atoms with E-state index in [1.807, 2.05) is 0 Å². The molecule has 4 rings (SSSR count). The van der Waals surface area contributed by atoms with E-state index in [9.17, 15) is 4.79 Å². The van der Waals surface area contributed by atoms with Crippen LogP contribution < -0.4 is 5.73 Å². The lowest BCUT2D eigenvalue weighted by molar-refractivity contribution is -0.133. The van der Waals surface area contributed by atoms with Gasteiger partial charge in [0.1, 0.15) is 0 Å². The summed E-state index contributed by atoms with van der Waals surface area (Å²) in [6.45, 7) is 3.74. The Morgan fingerprint density at radius 3 is 3.00 bits per heavy atom. The zero-order valence-electron chi connectivity index (χ0n) is 12.7. The Labute approximate surface area is 126 Å². The first-order valence-corrected chi connectivity index (χ1v) is 8.24. The largest absolute Gasteiger partial charge is 0.339 e. The number of amides is 1. The number of likely N-dealkylation sites (tertiary alicyclic amines) is 1. The van der Waals surface area contributed by atoms with Crippen LogP contribution in [-0.4, -0.2) is 29.9 Å². The third-order valence-corrected chi connectivity index (χ3v) is 6.05. The molecule has 1 aromatic rings. The zero-order chi connectivity index (χ0) is 14.6. The van der Waals surface area contributed by atoms with Crippen LogP contribution in [0.5, 0.6) is 0 Å². The van der Waals surface area contributed by atoms with Gasteiger partial charge in [-0.05, 0) is 56.2 Å². The van der Waals surface area contributed by atoms with E-state index >= 15 is 0 Å². The summed E-state index contributed by atoms with van der Waals surface area (Å²) >= 11 is 0. The number of rotatable bonds is 2. The van der Waals surface area contributed by atoms with Gasteiger partial charge < -0.3 is 10.6 Å². The van der Waals surface area contributed by atoms with Crippen LogP contribution in [0.2, 0.25) is 0 Å². The topological polar surface area (TPSA) is 46.3 Å². The number of carbonyl (C=O) groups is 1. The highest BCUT2D eigenvalue weighted by Gasteiger charge is 2.62. The molecule has 21 heavy (non-hydrogen) atoms. The van der Waals surface area contributed by atoms with Crippen molar-refractivity contribution in [3.05, 3.63) is 35.4 Å². The summed E-state index contributed by atoms with van der Waals surface area (Å²) < 4.78 is 0. The third kappa shape index (κ3) is 1.87. The second kappa shape index (κ2) is 4.57. The van der Waals surface area contributed by atoms with Crippen molar-refractivity contribution in [1.29, 1.82) is 0 Å². The molecule has 3 aliphatic rings. The van der Waals surface area contributed by atoms with E-state index in [1.165, 1.54) is 11.1 Å². The number of carbonyl (C=O) groups excluding carboxylic acids is 1. The summed E-state index contributed by atoms with van der Waals surface area (Å²) in [6.07, 6.45) is 4.42. The van der Waals surface area contributed by atoms with Gasteiger partial charge >= 0.3 is 0 Å². The molecule has 1 aliphatic heterocycles. The minimum Gasteiger partial charge on any atom is -0.339 e. The van der Waals surface area contributed by atoms with E-state index in [0.29, 0.717) is 24.4 Å². The fourth-order valence-corrected chi connectivity index (χ4v) is 4.74. The molecule has 2 aliphatic carbocycles. The van der Waals surface area contributed by atoms with Gasteiger partial charge in [-0.15, -0.1) is 0 Å². The predicted molar refractivity (Wildman–Crippen MR) is 82.9 cm³/mol. The molecule has 1 aromatic carbocycles. The van der Waals surface area contributed by atoms with E-state index in [-0.39, 0.29) is 11.3 Å². The monoisotopic (exact) mass is 284 g/mol. The van der Waals surface area contributed by atoms with Gasteiger partial charge in [0.05, 0.1) is 0 Å². The summed E-state index contributed by atoms with van der Waals surface area (Å²) in [7, 11) is 0. The molecule has 0 aromatic heterocycles. The lowest BCUT2D eigenvalue weighted by atomic mass is 9.95. The number of benzene rings is 1. The number of nitrogens with zero attached hydrogens (tertiary/aromatic N) is 1. The van der Waals surface area contributed by atoms with Gasteiger partial charge in [-0.25, -0.2) is 0 Å². The first-order chi connectivity index (χ1) is 10.2. The Balaban J connectivity index is 1.54. The average molecular weight is 284 g/mol. The molecular weight excluding hydrogens is 260 g/mol. The molecule has 0 bridgehead atoms. The van der Waals surface area contributed by atoms with Crippen LogP contribution in [0.3, 0.4) is 0 Å². The maximum Gasteiger partial charge on any atom is 0.226 e. The smallest absolute Gasteiger partial charge is 0.226 e. The second-order valence-electron chi connectivity index (χ2n) is 7.25. The van der Waals surface area contributed by atoms with Crippen molar-refractivity contribution in [1.82, 2.24) is 4.90 Å². The van der Waals surface area contributed by atoms with Gasteiger partial charge in [0.2, 0.25) is 5.91 Å².